The zero-order valence-electron chi connectivity index (χ0n) is 11.0. The van der Waals surface area contributed by atoms with E-state index in [-0.39, 0.29) is 24.5 Å². The average molecular weight is 294 g/mol. The number of imide groups is 1. The van der Waals surface area contributed by atoms with E-state index in [2.05, 4.69) is 0 Å². The molecule has 3 rings (SSSR count). The largest absolute Gasteiger partial charge is 0.439 e. The van der Waals surface area contributed by atoms with E-state index >= 15 is 0 Å². The molecule has 20 heavy (non-hydrogen) atoms. The molecule has 1 aromatic rings. The van der Waals surface area contributed by atoms with Crippen molar-refractivity contribution in [3.05, 3.63) is 21.9 Å². The van der Waals surface area contributed by atoms with Gasteiger partial charge in [0.1, 0.15) is 0 Å². The van der Waals surface area contributed by atoms with Crippen LogP contribution in [-0.2, 0) is 9.53 Å². The van der Waals surface area contributed by atoms with E-state index in [0.29, 0.717) is 24.4 Å². The van der Waals surface area contributed by atoms with Crippen molar-refractivity contribution in [2.75, 3.05) is 19.7 Å². The molecule has 106 valence electrons. The minimum atomic E-state index is -0.596. The van der Waals surface area contributed by atoms with Crippen molar-refractivity contribution < 1.29 is 19.1 Å². The predicted octanol–water partition coefficient (Wildman–Crippen LogP) is 1.25. The number of thiophene rings is 1. The molecule has 2 saturated heterocycles. The summed E-state index contributed by atoms with van der Waals surface area (Å²) in [6, 6.07) is 1.60. The summed E-state index contributed by atoms with van der Waals surface area (Å²) in [5.41, 5.74) is 1.06. The van der Waals surface area contributed by atoms with Gasteiger partial charge in [0, 0.05) is 13.1 Å². The number of carbonyl (C=O) groups is 3. The quantitative estimate of drug-likeness (QED) is 0.823. The van der Waals surface area contributed by atoms with Crippen molar-refractivity contribution in [2.24, 2.45) is 0 Å². The average Bonchev–Trinajstić information content (AvgIpc) is 3.10. The first kappa shape index (κ1) is 13.1. The Morgan fingerprint density at radius 1 is 1.45 bits per heavy atom. The molecule has 1 aromatic heterocycles. The van der Waals surface area contributed by atoms with Gasteiger partial charge in [-0.1, -0.05) is 0 Å². The maximum Gasteiger partial charge on any atom is 0.417 e. The fraction of sp³-hybridized carbons (Fsp3) is 0.462. The van der Waals surface area contributed by atoms with Crippen molar-refractivity contribution >= 4 is 29.2 Å². The first-order valence-corrected chi connectivity index (χ1v) is 7.27. The molecule has 0 spiro atoms. The Morgan fingerprint density at radius 2 is 2.25 bits per heavy atom. The molecule has 0 aromatic carbocycles. The molecule has 2 fully saturated rings. The summed E-state index contributed by atoms with van der Waals surface area (Å²) in [5, 5.41) is 1.93. The van der Waals surface area contributed by atoms with Gasteiger partial charge in [-0.05, 0) is 30.4 Å². The molecule has 0 N–H and O–H groups in total. The summed E-state index contributed by atoms with van der Waals surface area (Å²) < 4.78 is 4.71. The summed E-state index contributed by atoms with van der Waals surface area (Å²) in [5.74, 6) is -0.355. The van der Waals surface area contributed by atoms with Crippen LogP contribution in [0.3, 0.4) is 0 Å². The summed E-state index contributed by atoms with van der Waals surface area (Å²) in [7, 11) is 0. The Hall–Kier alpha value is -1.89. The van der Waals surface area contributed by atoms with E-state index in [9.17, 15) is 14.4 Å². The van der Waals surface area contributed by atoms with E-state index < -0.39 is 6.09 Å². The fourth-order valence-corrected chi connectivity index (χ4v) is 3.42. The topological polar surface area (TPSA) is 66.9 Å². The van der Waals surface area contributed by atoms with Gasteiger partial charge < -0.3 is 9.64 Å². The van der Waals surface area contributed by atoms with Crippen LogP contribution in [0.1, 0.15) is 21.7 Å². The summed E-state index contributed by atoms with van der Waals surface area (Å²) in [4.78, 5) is 38.9. The number of aryl methyl sites for hydroxylation is 1. The van der Waals surface area contributed by atoms with Crippen LogP contribution in [0.25, 0.3) is 0 Å². The first-order valence-electron chi connectivity index (χ1n) is 6.39. The fourth-order valence-electron chi connectivity index (χ4n) is 2.55. The molecule has 0 saturated carbocycles. The molecular formula is C13H14N2O4S. The molecule has 7 heteroatoms. The van der Waals surface area contributed by atoms with Crippen LogP contribution in [-0.4, -0.2) is 53.4 Å². The number of likely N-dealkylation sites (tertiary alicyclic amines) is 1. The van der Waals surface area contributed by atoms with E-state index in [4.69, 9.17) is 4.74 Å². The van der Waals surface area contributed by atoms with Crippen molar-refractivity contribution in [3.8, 4) is 0 Å². The first-order chi connectivity index (χ1) is 9.56. The molecular weight excluding hydrogens is 280 g/mol. The Balaban J connectivity index is 1.69. The van der Waals surface area contributed by atoms with Gasteiger partial charge in [0.2, 0.25) is 0 Å². The number of nitrogens with zero attached hydrogens (tertiary/aromatic N) is 2. The van der Waals surface area contributed by atoms with Gasteiger partial charge in [-0.15, -0.1) is 11.3 Å². The monoisotopic (exact) mass is 294 g/mol. The zero-order valence-corrected chi connectivity index (χ0v) is 11.8. The van der Waals surface area contributed by atoms with Gasteiger partial charge >= 0.3 is 6.09 Å². The van der Waals surface area contributed by atoms with Gasteiger partial charge in [0.05, 0.1) is 10.9 Å². The molecule has 2 aliphatic rings. The summed E-state index contributed by atoms with van der Waals surface area (Å²) in [6.07, 6.45) is 0.0120. The molecule has 3 heterocycles. The second-order valence-electron chi connectivity index (χ2n) is 5.00. The van der Waals surface area contributed by atoms with Crippen LogP contribution in [0.4, 0.5) is 4.79 Å². The van der Waals surface area contributed by atoms with Crippen LogP contribution < -0.4 is 0 Å². The van der Waals surface area contributed by atoms with Gasteiger partial charge in [-0.25, -0.2) is 9.69 Å². The SMILES string of the molecule is Cc1csc(C(=O)N2CCC(N3C(=O)COC3=O)C2)c1. The number of hydrogen-bond acceptors (Lipinski definition) is 5. The smallest absolute Gasteiger partial charge is 0.417 e. The van der Waals surface area contributed by atoms with Crippen molar-refractivity contribution in [1.29, 1.82) is 0 Å². The molecule has 0 bridgehead atoms. The maximum absolute atomic E-state index is 12.3. The van der Waals surface area contributed by atoms with Gasteiger partial charge in [0.15, 0.2) is 6.61 Å². The zero-order chi connectivity index (χ0) is 14.3. The second kappa shape index (κ2) is 4.90. The lowest BCUT2D eigenvalue weighted by Gasteiger charge is -2.20. The van der Waals surface area contributed by atoms with Gasteiger partial charge in [-0.2, -0.15) is 0 Å². The lowest BCUT2D eigenvalue weighted by atomic mass is 10.2. The van der Waals surface area contributed by atoms with Gasteiger partial charge in [-0.3, -0.25) is 9.59 Å². The molecule has 3 amide bonds. The Labute approximate surface area is 119 Å². The predicted molar refractivity (Wildman–Crippen MR) is 71.6 cm³/mol. The van der Waals surface area contributed by atoms with Crippen LogP contribution in [0, 0.1) is 6.92 Å². The van der Waals surface area contributed by atoms with E-state index in [1.807, 2.05) is 18.4 Å². The lowest BCUT2D eigenvalue weighted by molar-refractivity contribution is -0.127. The molecule has 0 aliphatic carbocycles. The lowest BCUT2D eigenvalue weighted by Crippen LogP contribution is -2.41. The Morgan fingerprint density at radius 3 is 2.85 bits per heavy atom. The number of ether oxygens (including phenoxy) is 1. The van der Waals surface area contributed by atoms with Crippen molar-refractivity contribution in [3.63, 3.8) is 0 Å². The standard InChI is InChI=1S/C13H14N2O4S/c1-8-4-10(20-7-8)12(17)14-3-2-9(5-14)15-11(16)6-19-13(15)18/h4,7,9H,2-3,5-6H2,1H3. The minimum Gasteiger partial charge on any atom is -0.439 e. The Bertz CT molecular complexity index is 567. The number of cyclic esters (lactones) is 1. The molecule has 2 aliphatic heterocycles. The van der Waals surface area contributed by atoms with E-state index in [1.54, 1.807) is 4.90 Å². The highest BCUT2D eigenvalue weighted by Crippen LogP contribution is 2.23. The summed E-state index contributed by atoms with van der Waals surface area (Å²) in [6.45, 7) is 2.69. The normalized spacial score (nSPS) is 22.6. The molecule has 1 atom stereocenters. The van der Waals surface area contributed by atoms with Crippen LogP contribution in [0.15, 0.2) is 11.4 Å². The highest BCUT2D eigenvalue weighted by Gasteiger charge is 2.41. The van der Waals surface area contributed by atoms with Crippen LogP contribution in [0.5, 0.6) is 0 Å². The molecule has 0 radical (unpaired) electrons. The van der Waals surface area contributed by atoms with Crippen LogP contribution >= 0.6 is 11.3 Å². The third kappa shape index (κ3) is 2.18. The highest BCUT2D eigenvalue weighted by atomic mass is 32.1. The van der Waals surface area contributed by atoms with Gasteiger partial charge in [0.25, 0.3) is 11.8 Å². The minimum absolute atomic E-state index is 0.0365. The molecule has 1 unspecified atom stereocenters. The third-order valence-corrected chi connectivity index (χ3v) is 4.58. The van der Waals surface area contributed by atoms with Crippen molar-refractivity contribution in [1.82, 2.24) is 9.80 Å². The summed E-state index contributed by atoms with van der Waals surface area (Å²) >= 11 is 1.42. The third-order valence-electron chi connectivity index (χ3n) is 3.54. The van der Waals surface area contributed by atoms with E-state index in [1.165, 1.54) is 11.3 Å². The number of rotatable bonds is 2. The second-order valence-corrected chi connectivity index (χ2v) is 5.91. The maximum atomic E-state index is 12.3. The highest BCUT2D eigenvalue weighted by molar-refractivity contribution is 7.12. The Kier molecular flexibility index (Phi) is 3.21. The molecule has 6 nitrogen and oxygen atoms in total. The number of hydrogen-bond donors (Lipinski definition) is 0. The van der Waals surface area contributed by atoms with Crippen molar-refractivity contribution in [2.45, 2.75) is 19.4 Å². The number of carbonyl (C=O) groups excluding carboxylic acids is 3. The van der Waals surface area contributed by atoms with E-state index in [0.717, 1.165) is 10.5 Å². The number of amides is 3. The van der Waals surface area contributed by atoms with Crippen LogP contribution in [0.2, 0.25) is 0 Å².